The number of imidazole rings is 1. The second kappa shape index (κ2) is 4.03. The average Bonchev–Trinajstić information content (AvgIpc) is 2.48. The summed E-state index contributed by atoms with van der Waals surface area (Å²) >= 11 is 0. The first-order valence-electron chi connectivity index (χ1n) is 4.37. The third-order valence-electron chi connectivity index (χ3n) is 1.77. The van der Waals surface area contributed by atoms with Gasteiger partial charge in [0.25, 0.3) is 0 Å². The molecule has 3 nitrogen and oxygen atoms in total. The van der Waals surface area contributed by atoms with Gasteiger partial charge in [0.15, 0.2) is 0 Å². The van der Waals surface area contributed by atoms with Gasteiger partial charge in [0.1, 0.15) is 0 Å². The smallest absolute Gasteiger partial charge is 0.233 e. The Balaban J connectivity index is 3.11. The number of aliphatic imine (C=N–C) groups is 1. The van der Waals surface area contributed by atoms with Crippen molar-refractivity contribution in [3.05, 3.63) is 18.0 Å². The van der Waals surface area contributed by atoms with E-state index < -0.39 is 0 Å². The van der Waals surface area contributed by atoms with Gasteiger partial charge >= 0.3 is 0 Å². The normalized spacial score (nSPS) is 11.4. The molecule has 0 fully saturated rings. The predicted molar refractivity (Wildman–Crippen MR) is 56.5 cm³/mol. The highest BCUT2D eigenvalue weighted by molar-refractivity contribution is 5.42. The van der Waals surface area contributed by atoms with E-state index in [0.29, 0.717) is 11.9 Å². The van der Waals surface area contributed by atoms with E-state index in [2.05, 4.69) is 30.5 Å². The van der Waals surface area contributed by atoms with Gasteiger partial charge in [-0.3, -0.25) is 4.57 Å². The molecule has 0 atom stereocenters. The Labute approximate surface area is 78.8 Å². The third kappa shape index (κ3) is 2.05. The summed E-state index contributed by atoms with van der Waals surface area (Å²) in [6.45, 7) is 9.65. The van der Waals surface area contributed by atoms with E-state index in [1.165, 1.54) is 0 Å². The summed E-state index contributed by atoms with van der Waals surface area (Å²) in [5.74, 6) is 1.08. The molecule has 0 aromatic carbocycles. The average molecular weight is 177 g/mol. The van der Waals surface area contributed by atoms with E-state index in [1.807, 2.05) is 30.0 Å². The standard InChI is InChI=1S/C10H15N3/c1-5-6-13-7-9(8(2)3)12-10(13)11-4/h5-8H,4H2,1-3H3/b6-5-. The van der Waals surface area contributed by atoms with Crippen LogP contribution in [0.4, 0.5) is 5.95 Å². The van der Waals surface area contributed by atoms with Gasteiger partial charge in [0.2, 0.25) is 5.95 Å². The molecule has 0 radical (unpaired) electrons. The van der Waals surface area contributed by atoms with Gasteiger partial charge < -0.3 is 0 Å². The number of hydrogen-bond donors (Lipinski definition) is 0. The zero-order valence-corrected chi connectivity index (χ0v) is 8.36. The maximum atomic E-state index is 4.33. The summed E-state index contributed by atoms with van der Waals surface area (Å²) in [5, 5.41) is 0. The van der Waals surface area contributed by atoms with Gasteiger partial charge in [-0.25, -0.2) is 9.98 Å². The number of aromatic nitrogens is 2. The summed E-state index contributed by atoms with van der Waals surface area (Å²) in [4.78, 5) is 8.17. The molecule has 0 saturated heterocycles. The van der Waals surface area contributed by atoms with Gasteiger partial charge in [-0.05, 0) is 19.6 Å². The minimum Gasteiger partial charge on any atom is -0.291 e. The molecular formula is C10H15N3. The molecule has 0 spiro atoms. The zero-order valence-electron chi connectivity index (χ0n) is 8.36. The van der Waals surface area contributed by atoms with E-state index in [1.54, 1.807) is 0 Å². The van der Waals surface area contributed by atoms with Crippen LogP contribution in [0.5, 0.6) is 0 Å². The van der Waals surface area contributed by atoms with Gasteiger partial charge in [0.05, 0.1) is 5.69 Å². The van der Waals surface area contributed by atoms with Crippen LogP contribution in [0.25, 0.3) is 6.20 Å². The van der Waals surface area contributed by atoms with Crippen molar-refractivity contribution in [1.29, 1.82) is 0 Å². The Morgan fingerprint density at radius 3 is 2.77 bits per heavy atom. The van der Waals surface area contributed by atoms with Crippen molar-refractivity contribution in [3.63, 3.8) is 0 Å². The summed E-state index contributed by atoms with van der Waals surface area (Å²) in [6, 6.07) is 0. The topological polar surface area (TPSA) is 30.2 Å². The molecule has 0 saturated carbocycles. The second-order valence-corrected chi connectivity index (χ2v) is 3.17. The molecule has 13 heavy (non-hydrogen) atoms. The van der Waals surface area contributed by atoms with Gasteiger partial charge in [-0.1, -0.05) is 19.9 Å². The predicted octanol–water partition coefficient (Wildman–Crippen LogP) is 2.83. The minimum atomic E-state index is 0.423. The SMILES string of the molecule is C=Nc1nc(C(C)C)cn1/C=C\C. The van der Waals surface area contributed by atoms with Crippen LogP contribution in [0.1, 0.15) is 32.4 Å². The lowest BCUT2D eigenvalue weighted by atomic mass is 10.2. The maximum Gasteiger partial charge on any atom is 0.233 e. The molecule has 0 N–H and O–H groups in total. The molecule has 0 aliphatic heterocycles. The third-order valence-corrected chi connectivity index (χ3v) is 1.77. The Kier molecular flexibility index (Phi) is 3.01. The van der Waals surface area contributed by atoms with E-state index in [-0.39, 0.29) is 0 Å². The second-order valence-electron chi connectivity index (χ2n) is 3.17. The van der Waals surface area contributed by atoms with Crippen LogP contribution < -0.4 is 0 Å². The lowest BCUT2D eigenvalue weighted by Crippen LogP contribution is -1.85. The molecule has 3 heteroatoms. The highest BCUT2D eigenvalue weighted by atomic mass is 15.2. The monoisotopic (exact) mass is 177 g/mol. The van der Waals surface area contributed by atoms with Crippen molar-refractivity contribution in [2.24, 2.45) is 4.99 Å². The fourth-order valence-electron chi connectivity index (χ4n) is 1.07. The van der Waals surface area contributed by atoms with Crippen molar-refractivity contribution in [1.82, 2.24) is 9.55 Å². The molecule has 0 bridgehead atoms. The van der Waals surface area contributed by atoms with E-state index >= 15 is 0 Å². The fraction of sp³-hybridized carbons (Fsp3) is 0.400. The van der Waals surface area contributed by atoms with Crippen LogP contribution in [0.2, 0.25) is 0 Å². The van der Waals surface area contributed by atoms with Gasteiger partial charge in [0, 0.05) is 12.4 Å². The molecular weight excluding hydrogens is 162 g/mol. The van der Waals surface area contributed by atoms with E-state index in [4.69, 9.17) is 0 Å². The number of hydrogen-bond acceptors (Lipinski definition) is 2. The summed E-state index contributed by atoms with van der Waals surface area (Å²) in [6.07, 6.45) is 5.85. The van der Waals surface area contributed by atoms with E-state index in [9.17, 15) is 0 Å². The van der Waals surface area contributed by atoms with Crippen molar-refractivity contribution >= 4 is 18.9 Å². The molecule has 0 aliphatic carbocycles. The first-order chi connectivity index (χ1) is 6.19. The molecule has 0 amide bonds. The Hall–Kier alpha value is -1.38. The van der Waals surface area contributed by atoms with Crippen molar-refractivity contribution in [3.8, 4) is 0 Å². The largest absolute Gasteiger partial charge is 0.291 e. The van der Waals surface area contributed by atoms with Crippen LogP contribution in [-0.2, 0) is 0 Å². The molecule has 70 valence electrons. The van der Waals surface area contributed by atoms with Crippen LogP contribution in [0.3, 0.4) is 0 Å². The van der Waals surface area contributed by atoms with Gasteiger partial charge in [-0.15, -0.1) is 0 Å². The number of rotatable bonds is 3. The highest BCUT2D eigenvalue weighted by Gasteiger charge is 2.06. The van der Waals surface area contributed by atoms with Gasteiger partial charge in [-0.2, -0.15) is 0 Å². The summed E-state index contributed by atoms with van der Waals surface area (Å²) < 4.78 is 1.88. The lowest BCUT2D eigenvalue weighted by molar-refractivity contribution is 0.832. The first kappa shape index (κ1) is 9.71. The molecule has 0 unspecified atom stereocenters. The van der Waals surface area contributed by atoms with Crippen LogP contribution in [0, 0.1) is 0 Å². The molecule has 1 heterocycles. The highest BCUT2D eigenvalue weighted by Crippen LogP contribution is 2.18. The summed E-state index contributed by atoms with van der Waals surface area (Å²) in [7, 11) is 0. The molecule has 0 aliphatic rings. The lowest BCUT2D eigenvalue weighted by Gasteiger charge is -1.95. The Bertz CT molecular complexity index is 321. The van der Waals surface area contributed by atoms with Crippen molar-refractivity contribution in [2.45, 2.75) is 26.7 Å². The molecule has 1 aromatic rings. The van der Waals surface area contributed by atoms with Crippen molar-refractivity contribution in [2.75, 3.05) is 0 Å². The van der Waals surface area contributed by atoms with E-state index in [0.717, 1.165) is 5.69 Å². The maximum absolute atomic E-state index is 4.33. The number of nitrogens with zero attached hydrogens (tertiary/aromatic N) is 3. The summed E-state index contributed by atoms with van der Waals surface area (Å²) in [5.41, 5.74) is 1.04. The molecule has 1 rings (SSSR count). The zero-order chi connectivity index (χ0) is 9.84. The van der Waals surface area contributed by atoms with Crippen LogP contribution in [-0.4, -0.2) is 16.3 Å². The van der Waals surface area contributed by atoms with Crippen LogP contribution in [0.15, 0.2) is 17.3 Å². The van der Waals surface area contributed by atoms with Crippen molar-refractivity contribution < 1.29 is 0 Å². The van der Waals surface area contributed by atoms with Crippen LogP contribution >= 0.6 is 0 Å². The quantitative estimate of drug-likeness (QED) is 0.653. The number of allylic oxidation sites excluding steroid dienone is 1. The Morgan fingerprint density at radius 1 is 1.62 bits per heavy atom. The molecule has 1 aromatic heterocycles. The first-order valence-corrected chi connectivity index (χ1v) is 4.37. The fourth-order valence-corrected chi connectivity index (χ4v) is 1.07. The minimum absolute atomic E-state index is 0.423. The Morgan fingerprint density at radius 2 is 2.31 bits per heavy atom.